The van der Waals surface area contributed by atoms with Crippen LogP contribution in [0.3, 0.4) is 0 Å². The summed E-state index contributed by atoms with van der Waals surface area (Å²) < 4.78 is 5.52. The molecular weight excluding hydrogens is 202 g/mol. The molecule has 4 nitrogen and oxygen atoms in total. The first kappa shape index (κ1) is 8.44. The molecule has 0 unspecified atom stereocenters. The van der Waals surface area contributed by atoms with Crippen LogP contribution in [-0.2, 0) is 4.74 Å². The molecule has 1 aromatic rings. The van der Waals surface area contributed by atoms with Crippen LogP contribution in [0.1, 0.15) is 6.42 Å². The maximum atomic E-state index is 5.75. The maximum Gasteiger partial charge on any atom is 0.224 e. The summed E-state index contributed by atoms with van der Waals surface area (Å²) in [6.45, 7) is 1.74. The van der Waals surface area contributed by atoms with Gasteiger partial charge in [0.25, 0.3) is 0 Å². The van der Waals surface area contributed by atoms with E-state index in [-0.39, 0.29) is 0 Å². The van der Waals surface area contributed by atoms with Gasteiger partial charge in [-0.15, -0.1) is 0 Å². The van der Waals surface area contributed by atoms with Gasteiger partial charge in [-0.3, -0.25) is 0 Å². The van der Waals surface area contributed by atoms with Gasteiger partial charge in [-0.05, 0) is 24.1 Å². The normalized spacial score (nSPS) is 29.9. The van der Waals surface area contributed by atoms with Crippen molar-refractivity contribution in [2.45, 2.75) is 18.6 Å². The molecule has 0 spiro atoms. The van der Waals surface area contributed by atoms with Gasteiger partial charge in [-0.1, -0.05) is 0 Å². The van der Waals surface area contributed by atoms with Crippen molar-refractivity contribution in [3.05, 3.63) is 17.5 Å². The predicted molar refractivity (Wildman–Crippen MR) is 52.5 cm³/mol. The van der Waals surface area contributed by atoms with Crippen LogP contribution in [0.5, 0.6) is 0 Å². The number of nitrogens with zero attached hydrogens (tertiary/aromatic N) is 3. The van der Waals surface area contributed by atoms with Crippen molar-refractivity contribution in [1.82, 2.24) is 9.97 Å². The third-order valence-corrected chi connectivity index (χ3v) is 2.99. The molecule has 5 heteroatoms. The minimum atomic E-state index is 0.311. The number of ether oxygens (including phenoxy) is 1. The van der Waals surface area contributed by atoms with Gasteiger partial charge in [-0.25, -0.2) is 9.97 Å². The Morgan fingerprint density at radius 3 is 3.14 bits per heavy atom. The number of hydrogen-bond donors (Lipinski definition) is 0. The highest BCUT2D eigenvalue weighted by Crippen LogP contribution is 2.31. The van der Waals surface area contributed by atoms with Crippen LogP contribution < -0.4 is 4.90 Å². The number of aromatic nitrogens is 2. The first-order valence-electron chi connectivity index (χ1n) is 4.70. The van der Waals surface area contributed by atoms with Gasteiger partial charge in [0.05, 0.1) is 18.8 Å². The second-order valence-corrected chi connectivity index (χ2v) is 4.02. The molecule has 0 aliphatic carbocycles. The molecule has 3 heterocycles. The van der Waals surface area contributed by atoms with Gasteiger partial charge in [-0.2, -0.15) is 0 Å². The first-order chi connectivity index (χ1) is 6.83. The van der Waals surface area contributed by atoms with Gasteiger partial charge in [0.1, 0.15) is 5.82 Å². The Kier molecular flexibility index (Phi) is 1.85. The molecule has 0 radical (unpaired) electrons. The molecule has 0 amide bonds. The van der Waals surface area contributed by atoms with E-state index in [1.807, 2.05) is 6.07 Å². The smallest absolute Gasteiger partial charge is 0.224 e. The summed E-state index contributed by atoms with van der Waals surface area (Å²) in [4.78, 5) is 10.3. The van der Waals surface area contributed by atoms with Crippen LogP contribution in [0, 0.1) is 0 Å². The van der Waals surface area contributed by atoms with Crippen LogP contribution in [0.15, 0.2) is 12.3 Å². The van der Waals surface area contributed by atoms with Gasteiger partial charge in [0, 0.05) is 12.7 Å². The number of fused-ring (bicyclic) bond motifs is 2. The molecular formula is C9H10ClN3O. The summed E-state index contributed by atoms with van der Waals surface area (Å²) in [7, 11) is 0. The number of anilines is 1. The highest BCUT2D eigenvalue weighted by molar-refractivity contribution is 6.28. The molecule has 1 aromatic heterocycles. The summed E-state index contributed by atoms with van der Waals surface area (Å²) in [6.07, 6.45) is 3.19. The van der Waals surface area contributed by atoms with Crippen molar-refractivity contribution in [2.24, 2.45) is 0 Å². The standard InChI is InChI=1S/C9H10ClN3O/c10-9-11-2-1-8(12-9)13-4-7-3-6(13)5-14-7/h1-2,6-7H,3-5H2/t6-,7-/m0/s1. The SMILES string of the molecule is Clc1nccc(N2C[C@@H]3C[C@H]2CO3)n1. The Bertz CT molecular complexity index is 360. The number of hydrogen-bond acceptors (Lipinski definition) is 4. The summed E-state index contributed by atoms with van der Waals surface area (Å²) in [5, 5.41) is 0.311. The lowest BCUT2D eigenvalue weighted by molar-refractivity contribution is 0.0989. The van der Waals surface area contributed by atoms with Crippen molar-refractivity contribution in [1.29, 1.82) is 0 Å². The molecule has 2 bridgehead atoms. The average Bonchev–Trinajstić information content (AvgIpc) is 2.78. The van der Waals surface area contributed by atoms with E-state index in [1.165, 1.54) is 0 Å². The Morgan fingerprint density at radius 2 is 2.50 bits per heavy atom. The zero-order valence-electron chi connectivity index (χ0n) is 7.56. The minimum Gasteiger partial charge on any atom is -0.374 e. The third-order valence-electron chi connectivity index (χ3n) is 2.81. The fourth-order valence-corrected chi connectivity index (χ4v) is 2.31. The minimum absolute atomic E-state index is 0.311. The Hall–Kier alpha value is -0.870. The summed E-state index contributed by atoms with van der Waals surface area (Å²) >= 11 is 5.75. The van der Waals surface area contributed by atoms with Crippen molar-refractivity contribution < 1.29 is 4.74 Å². The second kappa shape index (κ2) is 3.07. The first-order valence-corrected chi connectivity index (χ1v) is 5.07. The molecule has 2 fully saturated rings. The van der Waals surface area contributed by atoms with Gasteiger partial charge in [0.15, 0.2) is 0 Å². The third kappa shape index (κ3) is 1.26. The van der Waals surface area contributed by atoms with Crippen LogP contribution in [-0.4, -0.2) is 35.3 Å². The fourth-order valence-electron chi connectivity index (χ4n) is 2.17. The van der Waals surface area contributed by atoms with Crippen LogP contribution in [0.25, 0.3) is 0 Å². The van der Waals surface area contributed by atoms with Gasteiger partial charge < -0.3 is 9.64 Å². The largest absolute Gasteiger partial charge is 0.374 e. The molecule has 2 aliphatic rings. The van der Waals surface area contributed by atoms with E-state index in [1.54, 1.807) is 6.20 Å². The molecule has 0 saturated carbocycles. The van der Waals surface area contributed by atoms with E-state index in [4.69, 9.17) is 16.3 Å². The molecule has 74 valence electrons. The van der Waals surface area contributed by atoms with Crippen LogP contribution >= 0.6 is 11.6 Å². The van der Waals surface area contributed by atoms with Crippen LogP contribution in [0.4, 0.5) is 5.82 Å². The lowest BCUT2D eigenvalue weighted by Crippen LogP contribution is -2.37. The molecule has 2 atom stereocenters. The fraction of sp³-hybridized carbons (Fsp3) is 0.556. The van der Waals surface area contributed by atoms with Crippen LogP contribution in [0.2, 0.25) is 5.28 Å². The molecule has 14 heavy (non-hydrogen) atoms. The Balaban J connectivity index is 1.89. The average molecular weight is 212 g/mol. The van der Waals surface area contributed by atoms with E-state index < -0.39 is 0 Å². The predicted octanol–water partition coefficient (Wildman–Crippen LogP) is 1.11. The molecule has 2 saturated heterocycles. The maximum absolute atomic E-state index is 5.75. The number of rotatable bonds is 1. The zero-order chi connectivity index (χ0) is 9.54. The van der Waals surface area contributed by atoms with Crippen molar-refractivity contribution in [2.75, 3.05) is 18.1 Å². The molecule has 0 aromatic carbocycles. The monoisotopic (exact) mass is 211 g/mol. The quantitative estimate of drug-likeness (QED) is 0.653. The summed E-state index contributed by atoms with van der Waals surface area (Å²) in [5.74, 6) is 0.917. The topological polar surface area (TPSA) is 38.2 Å². The summed E-state index contributed by atoms with van der Waals surface area (Å²) in [5.41, 5.74) is 0. The molecule has 3 rings (SSSR count). The van der Waals surface area contributed by atoms with Gasteiger partial charge >= 0.3 is 0 Å². The molecule has 2 aliphatic heterocycles. The lowest BCUT2D eigenvalue weighted by Gasteiger charge is -2.27. The number of morpholine rings is 1. The zero-order valence-corrected chi connectivity index (χ0v) is 8.31. The highest BCUT2D eigenvalue weighted by Gasteiger charge is 2.39. The van der Waals surface area contributed by atoms with E-state index in [0.717, 1.165) is 25.4 Å². The van der Waals surface area contributed by atoms with E-state index in [9.17, 15) is 0 Å². The Labute approximate surface area is 86.9 Å². The lowest BCUT2D eigenvalue weighted by atomic mass is 10.2. The molecule has 0 N–H and O–H groups in total. The van der Waals surface area contributed by atoms with Crippen molar-refractivity contribution in [3.63, 3.8) is 0 Å². The van der Waals surface area contributed by atoms with E-state index in [0.29, 0.717) is 17.4 Å². The van der Waals surface area contributed by atoms with E-state index >= 15 is 0 Å². The van der Waals surface area contributed by atoms with E-state index in [2.05, 4.69) is 14.9 Å². The Morgan fingerprint density at radius 1 is 1.57 bits per heavy atom. The number of halogens is 1. The highest BCUT2D eigenvalue weighted by atomic mass is 35.5. The van der Waals surface area contributed by atoms with Crippen molar-refractivity contribution in [3.8, 4) is 0 Å². The second-order valence-electron chi connectivity index (χ2n) is 3.68. The van der Waals surface area contributed by atoms with Crippen molar-refractivity contribution >= 4 is 17.4 Å². The summed E-state index contributed by atoms with van der Waals surface area (Å²) in [6, 6.07) is 2.37. The van der Waals surface area contributed by atoms with Gasteiger partial charge in [0.2, 0.25) is 5.28 Å².